The Balaban J connectivity index is 2.22. The van der Waals surface area contributed by atoms with Crippen molar-refractivity contribution in [2.75, 3.05) is 0 Å². The summed E-state index contributed by atoms with van der Waals surface area (Å²) in [6.45, 7) is 1.81. The first-order valence-corrected chi connectivity index (χ1v) is 8.18. The van der Waals surface area contributed by atoms with Crippen LogP contribution in [0.5, 0.6) is 0 Å². The fraction of sp³-hybridized carbons (Fsp3) is 0.267. The number of hydrogen-bond acceptors (Lipinski definition) is 4. The standard InChI is InChI=1S/C15H18N2O3S/c1-2-12-7-5-9-16-14(12)10-17-21(19,20)15-8-4-3-6-13(15)11-18/h3-9,17-18H,2,10-11H2,1H3. The van der Waals surface area contributed by atoms with Crippen LogP contribution in [0.25, 0.3) is 0 Å². The Morgan fingerprint density at radius 3 is 2.57 bits per heavy atom. The van der Waals surface area contributed by atoms with Gasteiger partial charge in [0.1, 0.15) is 0 Å². The van der Waals surface area contributed by atoms with Gasteiger partial charge in [0, 0.05) is 6.20 Å². The van der Waals surface area contributed by atoms with Gasteiger partial charge in [0.25, 0.3) is 0 Å². The molecule has 5 nitrogen and oxygen atoms in total. The molecule has 0 saturated carbocycles. The molecule has 0 unspecified atom stereocenters. The lowest BCUT2D eigenvalue weighted by Gasteiger charge is -2.11. The number of hydrogen-bond donors (Lipinski definition) is 2. The number of benzene rings is 1. The summed E-state index contributed by atoms with van der Waals surface area (Å²) in [5.74, 6) is 0. The Hall–Kier alpha value is -1.76. The normalized spacial score (nSPS) is 11.5. The molecule has 0 bridgehead atoms. The zero-order valence-electron chi connectivity index (χ0n) is 11.8. The van der Waals surface area contributed by atoms with Gasteiger partial charge in [-0.05, 0) is 29.7 Å². The molecule has 2 aromatic rings. The van der Waals surface area contributed by atoms with Crippen molar-refractivity contribution in [1.29, 1.82) is 0 Å². The zero-order chi connectivity index (χ0) is 15.3. The predicted molar refractivity (Wildman–Crippen MR) is 80.0 cm³/mol. The van der Waals surface area contributed by atoms with Crippen LogP contribution in [0.15, 0.2) is 47.5 Å². The van der Waals surface area contributed by atoms with Gasteiger partial charge in [0.2, 0.25) is 10.0 Å². The maximum atomic E-state index is 12.3. The molecule has 0 radical (unpaired) electrons. The average Bonchev–Trinajstić information content (AvgIpc) is 2.53. The van der Waals surface area contributed by atoms with Gasteiger partial charge in [0.05, 0.1) is 23.7 Å². The van der Waals surface area contributed by atoms with E-state index in [1.165, 1.54) is 6.07 Å². The van der Waals surface area contributed by atoms with Crippen LogP contribution in [-0.2, 0) is 29.6 Å². The van der Waals surface area contributed by atoms with Crippen molar-refractivity contribution in [3.8, 4) is 0 Å². The summed E-state index contributed by atoms with van der Waals surface area (Å²) in [5.41, 5.74) is 2.10. The molecule has 0 aliphatic rings. The van der Waals surface area contributed by atoms with Gasteiger partial charge in [-0.25, -0.2) is 13.1 Å². The third kappa shape index (κ3) is 3.66. The van der Waals surface area contributed by atoms with Crippen molar-refractivity contribution >= 4 is 10.0 Å². The van der Waals surface area contributed by atoms with E-state index in [2.05, 4.69) is 9.71 Å². The van der Waals surface area contributed by atoms with Gasteiger partial charge >= 0.3 is 0 Å². The molecule has 2 N–H and O–H groups in total. The molecular weight excluding hydrogens is 288 g/mol. The number of aliphatic hydroxyl groups excluding tert-OH is 1. The van der Waals surface area contributed by atoms with Crippen LogP contribution in [0.2, 0.25) is 0 Å². The van der Waals surface area contributed by atoms with Crippen LogP contribution in [0.3, 0.4) is 0 Å². The molecule has 0 atom stereocenters. The highest BCUT2D eigenvalue weighted by molar-refractivity contribution is 7.89. The van der Waals surface area contributed by atoms with E-state index in [9.17, 15) is 13.5 Å². The van der Waals surface area contributed by atoms with Gasteiger partial charge in [-0.15, -0.1) is 0 Å². The van der Waals surface area contributed by atoms with Crippen molar-refractivity contribution in [3.05, 3.63) is 59.4 Å². The van der Waals surface area contributed by atoms with E-state index in [1.54, 1.807) is 24.4 Å². The maximum absolute atomic E-state index is 12.3. The number of sulfonamides is 1. The highest BCUT2D eigenvalue weighted by Crippen LogP contribution is 2.16. The number of aliphatic hydroxyl groups is 1. The Bertz CT molecular complexity index is 714. The van der Waals surface area contributed by atoms with Gasteiger partial charge < -0.3 is 5.11 Å². The highest BCUT2D eigenvalue weighted by atomic mass is 32.2. The topological polar surface area (TPSA) is 79.3 Å². The molecule has 21 heavy (non-hydrogen) atoms. The second kappa shape index (κ2) is 6.80. The zero-order valence-corrected chi connectivity index (χ0v) is 12.6. The first-order chi connectivity index (χ1) is 10.1. The van der Waals surface area contributed by atoms with Crippen LogP contribution in [-0.4, -0.2) is 18.5 Å². The third-order valence-corrected chi connectivity index (χ3v) is 4.73. The van der Waals surface area contributed by atoms with Gasteiger partial charge in [-0.1, -0.05) is 31.2 Å². The SMILES string of the molecule is CCc1cccnc1CNS(=O)(=O)c1ccccc1CO. The molecule has 0 aliphatic heterocycles. The highest BCUT2D eigenvalue weighted by Gasteiger charge is 2.18. The molecule has 1 aromatic heterocycles. The monoisotopic (exact) mass is 306 g/mol. The van der Waals surface area contributed by atoms with Crippen LogP contribution >= 0.6 is 0 Å². The van der Waals surface area contributed by atoms with Crippen LogP contribution in [0.1, 0.15) is 23.7 Å². The van der Waals surface area contributed by atoms with E-state index in [0.29, 0.717) is 11.3 Å². The van der Waals surface area contributed by atoms with Crippen LogP contribution in [0.4, 0.5) is 0 Å². The Morgan fingerprint density at radius 1 is 1.14 bits per heavy atom. The van der Waals surface area contributed by atoms with Crippen molar-refractivity contribution in [3.63, 3.8) is 0 Å². The summed E-state index contributed by atoms with van der Waals surface area (Å²) < 4.78 is 27.2. The Kier molecular flexibility index (Phi) is 5.06. The number of aryl methyl sites for hydroxylation is 1. The van der Waals surface area contributed by atoms with Gasteiger partial charge in [0.15, 0.2) is 0 Å². The Morgan fingerprint density at radius 2 is 1.86 bits per heavy atom. The van der Waals surface area contributed by atoms with Gasteiger partial charge in [-0.2, -0.15) is 0 Å². The summed E-state index contributed by atoms with van der Waals surface area (Å²) in [4.78, 5) is 4.31. The second-order valence-electron chi connectivity index (χ2n) is 4.55. The number of aromatic nitrogens is 1. The number of nitrogens with zero attached hydrogens (tertiary/aromatic N) is 1. The fourth-order valence-electron chi connectivity index (χ4n) is 2.09. The minimum absolute atomic E-state index is 0.0986. The summed E-state index contributed by atoms with van der Waals surface area (Å²) in [6.07, 6.45) is 2.43. The van der Waals surface area contributed by atoms with Crippen LogP contribution in [0, 0.1) is 0 Å². The lowest BCUT2D eigenvalue weighted by molar-refractivity contribution is 0.278. The first-order valence-electron chi connectivity index (χ1n) is 6.69. The van der Waals surface area contributed by atoms with Crippen LogP contribution < -0.4 is 4.72 Å². The van der Waals surface area contributed by atoms with Crippen molar-refractivity contribution < 1.29 is 13.5 Å². The summed E-state index contributed by atoms with van der Waals surface area (Å²) in [7, 11) is -3.68. The predicted octanol–water partition coefficient (Wildman–Crippen LogP) is 1.61. The fourth-order valence-corrected chi connectivity index (χ4v) is 3.31. The summed E-state index contributed by atoms with van der Waals surface area (Å²) in [6, 6.07) is 10.2. The Labute approximate surface area is 124 Å². The number of pyridine rings is 1. The lowest BCUT2D eigenvalue weighted by Crippen LogP contribution is -2.25. The van der Waals surface area contributed by atoms with E-state index >= 15 is 0 Å². The molecule has 6 heteroatoms. The maximum Gasteiger partial charge on any atom is 0.241 e. The molecule has 0 aliphatic carbocycles. The van der Waals surface area contributed by atoms with E-state index < -0.39 is 10.0 Å². The summed E-state index contributed by atoms with van der Waals surface area (Å²) in [5, 5.41) is 9.24. The molecule has 112 valence electrons. The molecule has 0 saturated heterocycles. The van der Waals surface area contributed by atoms with E-state index in [1.807, 2.05) is 19.1 Å². The van der Waals surface area contributed by atoms with Crippen molar-refractivity contribution in [2.24, 2.45) is 0 Å². The quantitative estimate of drug-likeness (QED) is 0.850. The van der Waals surface area contributed by atoms with E-state index in [0.717, 1.165) is 12.0 Å². The van der Waals surface area contributed by atoms with Gasteiger partial charge in [-0.3, -0.25) is 4.98 Å². The summed E-state index contributed by atoms with van der Waals surface area (Å²) >= 11 is 0. The third-order valence-electron chi connectivity index (χ3n) is 3.23. The molecule has 1 aromatic carbocycles. The molecular formula is C15H18N2O3S. The molecule has 1 heterocycles. The smallest absolute Gasteiger partial charge is 0.241 e. The molecule has 2 rings (SSSR count). The van der Waals surface area contributed by atoms with Crippen molar-refractivity contribution in [1.82, 2.24) is 9.71 Å². The molecule has 0 fully saturated rings. The minimum atomic E-state index is -3.68. The molecule has 0 spiro atoms. The van der Waals surface area contributed by atoms with E-state index in [-0.39, 0.29) is 18.0 Å². The van der Waals surface area contributed by atoms with E-state index in [4.69, 9.17) is 0 Å². The minimum Gasteiger partial charge on any atom is -0.392 e. The lowest BCUT2D eigenvalue weighted by atomic mass is 10.1. The second-order valence-corrected chi connectivity index (χ2v) is 6.29. The molecule has 0 amide bonds. The number of rotatable bonds is 6. The van der Waals surface area contributed by atoms with Crippen molar-refractivity contribution in [2.45, 2.75) is 31.4 Å². The largest absolute Gasteiger partial charge is 0.392 e. The average molecular weight is 306 g/mol. The number of nitrogens with one attached hydrogen (secondary N) is 1. The first kappa shape index (κ1) is 15.6.